The Morgan fingerprint density at radius 2 is 1.95 bits per heavy atom. The molecule has 0 atom stereocenters. The van der Waals surface area contributed by atoms with Crippen LogP contribution in [0.5, 0.6) is 11.5 Å². The molecule has 0 radical (unpaired) electrons. The number of halogens is 1. The van der Waals surface area contributed by atoms with E-state index in [9.17, 15) is 4.79 Å². The average molecular weight is 300 g/mol. The molecule has 112 valence electrons. The van der Waals surface area contributed by atoms with E-state index in [-0.39, 0.29) is 12.0 Å². The van der Waals surface area contributed by atoms with E-state index in [1.54, 1.807) is 12.1 Å². The van der Waals surface area contributed by atoms with E-state index in [0.717, 1.165) is 0 Å². The minimum absolute atomic E-state index is 0.0259. The first-order valence-electron chi connectivity index (χ1n) is 6.67. The van der Waals surface area contributed by atoms with Crippen LogP contribution in [0.3, 0.4) is 0 Å². The van der Waals surface area contributed by atoms with Crippen LogP contribution in [0.4, 0.5) is 0 Å². The number of hydrogen-bond donors (Lipinski definition) is 1. The van der Waals surface area contributed by atoms with Crippen molar-refractivity contribution in [3.05, 3.63) is 22.7 Å². The Balaban J connectivity index is 3.00. The van der Waals surface area contributed by atoms with Crippen LogP contribution in [0.2, 0.25) is 5.02 Å². The number of rotatable bonds is 6. The highest BCUT2D eigenvalue weighted by Crippen LogP contribution is 2.37. The molecule has 0 spiro atoms. The number of methoxy groups -OCH3 is 1. The zero-order valence-corrected chi connectivity index (χ0v) is 13.4. The fraction of sp³-hybridized carbons (Fsp3) is 0.533. The molecular formula is C15H22ClNO3. The van der Waals surface area contributed by atoms with Crippen LogP contribution >= 0.6 is 11.6 Å². The van der Waals surface area contributed by atoms with E-state index in [1.165, 1.54) is 7.11 Å². The maximum Gasteiger partial charge on any atom is 0.251 e. The van der Waals surface area contributed by atoms with E-state index >= 15 is 0 Å². The third-order valence-corrected chi connectivity index (χ3v) is 2.80. The van der Waals surface area contributed by atoms with Gasteiger partial charge in [-0.05, 0) is 31.9 Å². The van der Waals surface area contributed by atoms with Crippen molar-refractivity contribution in [3.63, 3.8) is 0 Å². The molecule has 0 aromatic heterocycles. The molecule has 0 saturated carbocycles. The molecule has 0 unspecified atom stereocenters. The van der Waals surface area contributed by atoms with Gasteiger partial charge in [0, 0.05) is 12.1 Å². The van der Waals surface area contributed by atoms with Gasteiger partial charge in [-0.1, -0.05) is 25.4 Å². The first kappa shape index (κ1) is 16.6. The van der Waals surface area contributed by atoms with Gasteiger partial charge in [-0.15, -0.1) is 0 Å². The summed E-state index contributed by atoms with van der Waals surface area (Å²) in [6.07, 6.45) is -0.0259. The molecule has 0 aliphatic carbocycles. The lowest BCUT2D eigenvalue weighted by Gasteiger charge is -2.16. The quantitative estimate of drug-likeness (QED) is 0.874. The highest BCUT2D eigenvalue weighted by atomic mass is 35.5. The first-order valence-corrected chi connectivity index (χ1v) is 7.05. The summed E-state index contributed by atoms with van der Waals surface area (Å²) in [5.41, 5.74) is 0.462. The third-order valence-electron chi connectivity index (χ3n) is 2.52. The summed E-state index contributed by atoms with van der Waals surface area (Å²) in [7, 11) is 1.52. The SMILES string of the molecule is COc1cc(C(=O)NCC(C)C)cc(Cl)c1OC(C)C. The van der Waals surface area contributed by atoms with Crippen LogP contribution in [0, 0.1) is 5.92 Å². The fourth-order valence-electron chi connectivity index (χ4n) is 1.60. The van der Waals surface area contributed by atoms with Crippen molar-refractivity contribution >= 4 is 17.5 Å². The Hall–Kier alpha value is -1.42. The van der Waals surface area contributed by atoms with E-state index in [1.807, 2.05) is 27.7 Å². The number of amides is 1. The largest absolute Gasteiger partial charge is 0.493 e. The molecule has 0 saturated heterocycles. The molecule has 1 aromatic carbocycles. The number of benzene rings is 1. The lowest BCUT2D eigenvalue weighted by molar-refractivity contribution is 0.0948. The molecule has 0 aliphatic rings. The maximum atomic E-state index is 12.0. The molecule has 0 bridgehead atoms. The van der Waals surface area contributed by atoms with Crippen molar-refractivity contribution in [3.8, 4) is 11.5 Å². The maximum absolute atomic E-state index is 12.0. The van der Waals surface area contributed by atoms with Gasteiger partial charge in [0.25, 0.3) is 5.91 Å². The molecule has 0 fully saturated rings. The Morgan fingerprint density at radius 3 is 2.45 bits per heavy atom. The van der Waals surface area contributed by atoms with Gasteiger partial charge in [0.1, 0.15) is 0 Å². The highest BCUT2D eigenvalue weighted by Gasteiger charge is 2.16. The lowest BCUT2D eigenvalue weighted by atomic mass is 10.1. The summed E-state index contributed by atoms with van der Waals surface area (Å²) in [6, 6.07) is 3.23. The molecule has 1 rings (SSSR count). The summed E-state index contributed by atoms with van der Waals surface area (Å²) >= 11 is 6.18. The van der Waals surface area contributed by atoms with Crippen molar-refractivity contribution in [2.45, 2.75) is 33.8 Å². The van der Waals surface area contributed by atoms with Crippen molar-refractivity contribution in [2.75, 3.05) is 13.7 Å². The Kier molecular flexibility index (Phi) is 6.14. The van der Waals surface area contributed by atoms with Crippen LogP contribution in [-0.4, -0.2) is 25.7 Å². The molecule has 1 N–H and O–H groups in total. The zero-order valence-electron chi connectivity index (χ0n) is 12.6. The van der Waals surface area contributed by atoms with Gasteiger partial charge in [0.05, 0.1) is 18.2 Å². The van der Waals surface area contributed by atoms with Crippen molar-refractivity contribution in [1.82, 2.24) is 5.32 Å². The van der Waals surface area contributed by atoms with Crippen LogP contribution in [0.15, 0.2) is 12.1 Å². The van der Waals surface area contributed by atoms with Crippen LogP contribution in [0.25, 0.3) is 0 Å². The normalized spacial score (nSPS) is 10.8. The first-order chi connectivity index (χ1) is 9.35. The van der Waals surface area contributed by atoms with E-state index in [4.69, 9.17) is 21.1 Å². The molecule has 0 heterocycles. The van der Waals surface area contributed by atoms with Gasteiger partial charge >= 0.3 is 0 Å². The zero-order chi connectivity index (χ0) is 15.3. The van der Waals surface area contributed by atoms with E-state index in [0.29, 0.717) is 34.5 Å². The van der Waals surface area contributed by atoms with Crippen LogP contribution in [-0.2, 0) is 0 Å². The molecule has 5 heteroatoms. The fourth-order valence-corrected chi connectivity index (χ4v) is 1.86. The van der Waals surface area contributed by atoms with Gasteiger partial charge in [0.15, 0.2) is 11.5 Å². The summed E-state index contributed by atoms with van der Waals surface area (Å²) in [6.45, 7) is 8.49. The monoisotopic (exact) mass is 299 g/mol. The van der Waals surface area contributed by atoms with Crippen molar-refractivity contribution < 1.29 is 14.3 Å². The lowest BCUT2D eigenvalue weighted by Crippen LogP contribution is -2.27. The second kappa shape index (κ2) is 7.39. The van der Waals surface area contributed by atoms with Crippen LogP contribution in [0.1, 0.15) is 38.1 Å². The number of nitrogens with one attached hydrogen (secondary N) is 1. The molecular weight excluding hydrogens is 278 g/mol. The summed E-state index contributed by atoms with van der Waals surface area (Å²) in [5, 5.41) is 3.21. The Bertz CT molecular complexity index is 472. The molecule has 1 aromatic rings. The number of carbonyl (C=O) groups is 1. The van der Waals surface area contributed by atoms with Crippen LogP contribution < -0.4 is 14.8 Å². The summed E-state index contributed by atoms with van der Waals surface area (Å²) in [5.74, 6) is 1.14. The van der Waals surface area contributed by atoms with Gasteiger partial charge < -0.3 is 14.8 Å². The number of carbonyl (C=O) groups excluding carboxylic acids is 1. The third kappa shape index (κ3) is 4.60. The summed E-state index contributed by atoms with van der Waals surface area (Å²) in [4.78, 5) is 12.0. The number of ether oxygens (including phenoxy) is 2. The minimum atomic E-state index is -0.171. The summed E-state index contributed by atoms with van der Waals surface area (Å²) < 4.78 is 10.9. The van der Waals surface area contributed by atoms with Gasteiger partial charge in [-0.25, -0.2) is 0 Å². The minimum Gasteiger partial charge on any atom is -0.493 e. The van der Waals surface area contributed by atoms with E-state index in [2.05, 4.69) is 5.32 Å². The molecule has 4 nitrogen and oxygen atoms in total. The van der Waals surface area contributed by atoms with Crippen molar-refractivity contribution in [2.24, 2.45) is 5.92 Å². The average Bonchev–Trinajstić information content (AvgIpc) is 2.37. The Morgan fingerprint density at radius 1 is 1.30 bits per heavy atom. The standard InChI is InChI=1S/C15H22ClNO3/c1-9(2)8-17-15(18)11-6-12(16)14(20-10(3)4)13(7-11)19-5/h6-7,9-10H,8H2,1-5H3,(H,17,18). The topological polar surface area (TPSA) is 47.6 Å². The van der Waals surface area contributed by atoms with Gasteiger partial charge in [0.2, 0.25) is 0 Å². The van der Waals surface area contributed by atoms with Gasteiger partial charge in [-0.2, -0.15) is 0 Å². The van der Waals surface area contributed by atoms with Gasteiger partial charge in [-0.3, -0.25) is 4.79 Å². The Labute approximate surface area is 125 Å². The van der Waals surface area contributed by atoms with Crippen molar-refractivity contribution in [1.29, 1.82) is 0 Å². The molecule has 20 heavy (non-hydrogen) atoms. The predicted octanol–water partition coefficient (Wildman–Crippen LogP) is 3.52. The predicted molar refractivity (Wildman–Crippen MR) is 80.9 cm³/mol. The smallest absolute Gasteiger partial charge is 0.251 e. The second-order valence-electron chi connectivity index (χ2n) is 5.26. The second-order valence-corrected chi connectivity index (χ2v) is 5.67. The number of hydrogen-bond acceptors (Lipinski definition) is 3. The molecule has 1 amide bonds. The van der Waals surface area contributed by atoms with E-state index < -0.39 is 0 Å². The molecule has 0 aliphatic heterocycles. The highest BCUT2D eigenvalue weighted by molar-refractivity contribution is 6.32.